The average molecular weight is 215 g/mol. The van der Waals surface area contributed by atoms with Gasteiger partial charge in [0.15, 0.2) is 0 Å². The highest BCUT2D eigenvalue weighted by molar-refractivity contribution is 5.96. The van der Waals surface area contributed by atoms with Crippen molar-refractivity contribution in [3.8, 4) is 11.8 Å². The first kappa shape index (κ1) is 9.86. The molecule has 16 heavy (non-hydrogen) atoms. The van der Waals surface area contributed by atoms with E-state index < -0.39 is 4.92 Å². The smallest absolute Gasteiger partial charge is 0.280 e. The Morgan fingerprint density at radius 3 is 2.81 bits per heavy atom. The Bertz CT molecular complexity index is 631. The molecule has 6 nitrogen and oxygen atoms in total. The second-order valence-corrected chi connectivity index (χ2v) is 3.05. The van der Waals surface area contributed by atoms with E-state index in [-0.39, 0.29) is 27.9 Å². The fraction of sp³-hybridized carbons (Fsp3) is 0. The molecule has 0 unspecified atom stereocenters. The van der Waals surface area contributed by atoms with E-state index in [1.54, 1.807) is 0 Å². The Morgan fingerprint density at radius 2 is 2.19 bits per heavy atom. The fourth-order valence-electron chi connectivity index (χ4n) is 1.48. The molecule has 0 aliphatic carbocycles. The minimum absolute atomic E-state index is 0.0632. The number of rotatable bonds is 1. The van der Waals surface area contributed by atoms with Crippen molar-refractivity contribution in [2.24, 2.45) is 0 Å². The van der Waals surface area contributed by atoms with Gasteiger partial charge in [0.25, 0.3) is 5.69 Å². The molecule has 0 atom stereocenters. The third kappa shape index (κ3) is 1.31. The van der Waals surface area contributed by atoms with Crippen LogP contribution in [-0.4, -0.2) is 15.0 Å². The summed E-state index contributed by atoms with van der Waals surface area (Å²) in [6.07, 6.45) is 1.32. The number of hydrogen-bond acceptors (Lipinski definition) is 5. The molecule has 0 radical (unpaired) electrons. The van der Waals surface area contributed by atoms with Crippen LogP contribution < -0.4 is 0 Å². The molecule has 1 aromatic carbocycles. The zero-order chi connectivity index (χ0) is 11.7. The standard InChI is InChI=1S/C10H5N3O3/c11-5-6-3-4-12-10-8(14)2-1-7(9(6)10)13(15)16/h1-4,14H. The normalized spacial score (nSPS) is 9.94. The molecular formula is C10H5N3O3. The number of aromatic hydroxyl groups is 1. The zero-order valence-electron chi connectivity index (χ0n) is 7.91. The van der Waals surface area contributed by atoms with Crippen LogP contribution in [0.1, 0.15) is 5.56 Å². The number of nitro benzene ring substituents is 1. The van der Waals surface area contributed by atoms with Gasteiger partial charge in [-0.3, -0.25) is 15.1 Å². The third-order valence-corrected chi connectivity index (χ3v) is 2.17. The Labute approximate surface area is 89.5 Å². The van der Waals surface area contributed by atoms with Crippen molar-refractivity contribution in [1.82, 2.24) is 4.98 Å². The molecule has 2 aromatic rings. The van der Waals surface area contributed by atoms with Crippen molar-refractivity contribution >= 4 is 16.6 Å². The number of benzene rings is 1. The molecule has 0 aliphatic heterocycles. The van der Waals surface area contributed by atoms with Crippen LogP contribution in [0.15, 0.2) is 24.4 Å². The highest BCUT2D eigenvalue weighted by Crippen LogP contribution is 2.32. The maximum absolute atomic E-state index is 10.8. The van der Waals surface area contributed by atoms with E-state index >= 15 is 0 Å². The van der Waals surface area contributed by atoms with Crippen LogP contribution in [0.25, 0.3) is 10.9 Å². The summed E-state index contributed by atoms with van der Waals surface area (Å²) < 4.78 is 0. The lowest BCUT2D eigenvalue weighted by Crippen LogP contribution is -1.93. The molecule has 1 aromatic heterocycles. The van der Waals surface area contributed by atoms with Crippen molar-refractivity contribution in [3.05, 3.63) is 40.1 Å². The molecule has 6 heteroatoms. The highest BCUT2D eigenvalue weighted by Gasteiger charge is 2.18. The molecule has 0 amide bonds. The van der Waals surface area contributed by atoms with Gasteiger partial charge in [0.1, 0.15) is 17.3 Å². The Morgan fingerprint density at radius 1 is 1.44 bits per heavy atom. The van der Waals surface area contributed by atoms with Crippen molar-refractivity contribution in [1.29, 1.82) is 5.26 Å². The van der Waals surface area contributed by atoms with E-state index in [2.05, 4.69) is 4.98 Å². The van der Waals surface area contributed by atoms with E-state index in [9.17, 15) is 15.2 Å². The number of nitro groups is 1. The second-order valence-electron chi connectivity index (χ2n) is 3.05. The number of non-ortho nitro benzene ring substituents is 1. The third-order valence-electron chi connectivity index (χ3n) is 2.17. The molecule has 78 valence electrons. The fourth-order valence-corrected chi connectivity index (χ4v) is 1.48. The van der Waals surface area contributed by atoms with Crippen molar-refractivity contribution < 1.29 is 10.0 Å². The molecule has 2 rings (SSSR count). The minimum Gasteiger partial charge on any atom is -0.506 e. The summed E-state index contributed by atoms with van der Waals surface area (Å²) in [7, 11) is 0. The highest BCUT2D eigenvalue weighted by atomic mass is 16.6. The summed E-state index contributed by atoms with van der Waals surface area (Å²) >= 11 is 0. The van der Waals surface area contributed by atoms with Crippen molar-refractivity contribution in [3.63, 3.8) is 0 Å². The monoisotopic (exact) mass is 215 g/mol. The minimum atomic E-state index is -0.607. The van der Waals surface area contributed by atoms with Crippen LogP contribution in [0, 0.1) is 21.4 Å². The first-order chi connectivity index (χ1) is 7.65. The molecule has 0 saturated heterocycles. The number of pyridine rings is 1. The largest absolute Gasteiger partial charge is 0.506 e. The van der Waals surface area contributed by atoms with Gasteiger partial charge in [0, 0.05) is 12.3 Å². The van der Waals surface area contributed by atoms with E-state index in [0.717, 1.165) is 6.07 Å². The van der Waals surface area contributed by atoms with Crippen LogP contribution in [-0.2, 0) is 0 Å². The molecule has 0 saturated carbocycles. The van der Waals surface area contributed by atoms with Gasteiger partial charge in [-0.05, 0) is 12.1 Å². The second kappa shape index (κ2) is 3.47. The maximum Gasteiger partial charge on any atom is 0.280 e. The predicted molar refractivity (Wildman–Crippen MR) is 54.8 cm³/mol. The number of nitrogens with zero attached hydrogens (tertiary/aromatic N) is 3. The summed E-state index contributed by atoms with van der Waals surface area (Å²) in [5.74, 6) is -0.183. The van der Waals surface area contributed by atoms with Gasteiger partial charge in [-0.25, -0.2) is 0 Å². The number of nitriles is 1. The first-order valence-corrected chi connectivity index (χ1v) is 4.30. The van der Waals surface area contributed by atoms with E-state index in [0.29, 0.717) is 0 Å². The van der Waals surface area contributed by atoms with Gasteiger partial charge >= 0.3 is 0 Å². The Balaban J connectivity index is 3.01. The Kier molecular flexibility index (Phi) is 2.14. The summed E-state index contributed by atoms with van der Waals surface area (Å²) in [5, 5.41) is 29.2. The van der Waals surface area contributed by atoms with Gasteiger partial charge in [-0.15, -0.1) is 0 Å². The number of hydrogen-bond donors (Lipinski definition) is 1. The van der Waals surface area contributed by atoms with Gasteiger partial charge in [0.2, 0.25) is 0 Å². The number of fused-ring (bicyclic) bond motifs is 1. The van der Waals surface area contributed by atoms with Crippen LogP contribution >= 0.6 is 0 Å². The SMILES string of the molecule is N#Cc1ccnc2c(O)ccc([N+](=O)[O-])c12. The zero-order valence-corrected chi connectivity index (χ0v) is 7.91. The van der Waals surface area contributed by atoms with Gasteiger partial charge in [-0.1, -0.05) is 0 Å². The molecule has 0 aliphatic rings. The summed E-state index contributed by atoms with van der Waals surface area (Å²) in [6, 6.07) is 5.55. The molecular weight excluding hydrogens is 210 g/mol. The number of aromatic nitrogens is 1. The summed E-state index contributed by atoms with van der Waals surface area (Å²) in [6.45, 7) is 0. The lowest BCUT2D eigenvalue weighted by Gasteiger charge is -2.02. The number of phenolic OH excluding ortho intramolecular Hbond substituents is 1. The quantitative estimate of drug-likeness (QED) is 0.576. The average Bonchev–Trinajstić information content (AvgIpc) is 2.28. The van der Waals surface area contributed by atoms with Gasteiger partial charge < -0.3 is 5.11 Å². The van der Waals surface area contributed by atoms with Crippen LogP contribution in [0.5, 0.6) is 5.75 Å². The lowest BCUT2D eigenvalue weighted by molar-refractivity contribution is -0.383. The Hall–Kier alpha value is -2.68. The maximum atomic E-state index is 10.8. The summed E-state index contributed by atoms with van der Waals surface area (Å²) in [5.41, 5.74) is -0.0571. The van der Waals surface area contributed by atoms with Gasteiger partial charge in [0.05, 0.1) is 15.9 Å². The van der Waals surface area contributed by atoms with Crippen LogP contribution in [0.2, 0.25) is 0 Å². The molecule has 1 heterocycles. The lowest BCUT2D eigenvalue weighted by atomic mass is 10.1. The van der Waals surface area contributed by atoms with Crippen LogP contribution in [0.3, 0.4) is 0 Å². The number of phenols is 1. The van der Waals surface area contributed by atoms with E-state index in [1.165, 1.54) is 18.3 Å². The summed E-state index contributed by atoms with van der Waals surface area (Å²) in [4.78, 5) is 14.0. The van der Waals surface area contributed by atoms with Crippen molar-refractivity contribution in [2.45, 2.75) is 0 Å². The molecule has 1 N–H and O–H groups in total. The topological polar surface area (TPSA) is 100 Å². The van der Waals surface area contributed by atoms with Crippen LogP contribution in [0.4, 0.5) is 5.69 Å². The van der Waals surface area contributed by atoms with E-state index in [4.69, 9.17) is 5.26 Å². The first-order valence-electron chi connectivity index (χ1n) is 4.30. The molecule has 0 fully saturated rings. The molecule has 0 spiro atoms. The predicted octanol–water partition coefficient (Wildman–Crippen LogP) is 1.72. The van der Waals surface area contributed by atoms with Gasteiger partial charge in [-0.2, -0.15) is 5.26 Å². The van der Waals surface area contributed by atoms with E-state index in [1.807, 2.05) is 6.07 Å². The molecule has 0 bridgehead atoms. The van der Waals surface area contributed by atoms with Crippen molar-refractivity contribution in [2.75, 3.05) is 0 Å².